The van der Waals surface area contributed by atoms with E-state index >= 15 is 4.39 Å². The highest BCUT2D eigenvalue weighted by atomic mass is 32.2. The predicted octanol–water partition coefficient (Wildman–Crippen LogP) is 4.80. The first-order valence-corrected chi connectivity index (χ1v) is 15.1. The number of rotatable bonds is 4. The molecule has 8 rings (SSSR count). The zero-order valence-electron chi connectivity index (χ0n) is 23.1. The van der Waals surface area contributed by atoms with Crippen molar-refractivity contribution in [2.24, 2.45) is 0 Å². The van der Waals surface area contributed by atoms with Gasteiger partial charge in [-0.3, -0.25) is 19.3 Å². The van der Waals surface area contributed by atoms with Gasteiger partial charge >= 0.3 is 0 Å². The van der Waals surface area contributed by atoms with E-state index in [0.717, 1.165) is 22.1 Å². The molecule has 0 bridgehead atoms. The Morgan fingerprint density at radius 3 is 2.61 bits per heavy atom. The van der Waals surface area contributed by atoms with Crippen LogP contribution in [0.3, 0.4) is 0 Å². The molecule has 9 nitrogen and oxygen atoms in total. The summed E-state index contributed by atoms with van der Waals surface area (Å²) in [5.41, 5.74) is 2.75. The quantitative estimate of drug-likeness (QED) is 0.289. The first-order valence-electron chi connectivity index (χ1n) is 14.1. The molecule has 0 aliphatic carbocycles. The third-order valence-corrected chi connectivity index (χ3v) is 9.48. The standard InChI is InChI=1S/C32H24F2N6O3S/c33-23-11-10-20-22(27(23)34)18-44-26-9-5-4-8-21(26)28(20)40-31-24-16-35-36-38(24)15-14-37(31)32(42)29-30(25(41)12-13-39(29)40)43-17-19-6-2-1-3-7-19/h1-13,16,28,31H,14-15,17-18H2/t28-,31-/m1/s1. The first kappa shape index (κ1) is 26.6. The summed E-state index contributed by atoms with van der Waals surface area (Å²) in [5, 5.41) is 10.3. The first-order chi connectivity index (χ1) is 21.5. The van der Waals surface area contributed by atoms with E-state index in [1.807, 2.05) is 59.6 Å². The van der Waals surface area contributed by atoms with E-state index in [4.69, 9.17) is 4.74 Å². The molecule has 220 valence electrons. The van der Waals surface area contributed by atoms with Crippen LogP contribution < -0.4 is 15.2 Å². The van der Waals surface area contributed by atoms with Gasteiger partial charge in [0, 0.05) is 35.0 Å². The second-order valence-electron chi connectivity index (χ2n) is 10.8. The van der Waals surface area contributed by atoms with Crippen molar-refractivity contribution in [1.82, 2.24) is 24.6 Å². The Kier molecular flexibility index (Phi) is 6.26. The number of benzene rings is 3. The number of ether oxygens (including phenoxy) is 1. The van der Waals surface area contributed by atoms with Crippen molar-refractivity contribution >= 4 is 17.7 Å². The van der Waals surface area contributed by atoms with Gasteiger partial charge in [-0.2, -0.15) is 0 Å². The molecule has 3 aliphatic rings. The Morgan fingerprint density at radius 2 is 1.75 bits per heavy atom. The SMILES string of the molecule is O=C1c2c(OCc3ccccc3)c(=O)ccn2N([C@H]2c3ccccc3SCc3c2ccc(F)c3F)[C@@H]2c3cnnn3CCN12. The van der Waals surface area contributed by atoms with Gasteiger partial charge < -0.3 is 9.64 Å². The van der Waals surface area contributed by atoms with Crippen LogP contribution in [0.5, 0.6) is 5.75 Å². The van der Waals surface area contributed by atoms with Crippen molar-refractivity contribution in [2.75, 3.05) is 11.6 Å². The number of aromatic nitrogens is 4. The molecular formula is C32H24F2N6O3S. The minimum atomic E-state index is -0.926. The van der Waals surface area contributed by atoms with Crippen LogP contribution in [0.15, 0.2) is 94.9 Å². The van der Waals surface area contributed by atoms with E-state index in [9.17, 15) is 14.0 Å². The summed E-state index contributed by atoms with van der Waals surface area (Å²) >= 11 is 1.42. The number of thioether (sulfide) groups is 1. The summed E-state index contributed by atoms with van der Waals surface area (Å²) in [7, 11) is 0. The summed E-state index contributed by atoms with van der Waals surface area (Å²) in [6, 6.07) is 20.5. The number of amides is 1. The number of hydrogen-bond acceptors (Lipinski definition) is 7. The van der Waals surface area contributed by atoms with E-state index in [2.05, 4.69) is 10.3 Å². The van der Waals surface area contributed by atoms with Crippen LogP contribution in [0.4, 0.5) is 8.78 Å². The second kappa shape index (κ2) is 10.3. The minimum absolute atomic E-state index is 0.0594. The molecule has 0 unspecified atom stereocenters. The lowest BCUT2D eigenvalue weighted by Gasteiger charge is -2.51. The molecule has 3 aliphatic heterocycles. The molecule has 5 heterocycles. The van der Waals surface area contributed by atoms with Crippen LogP contribution in [0.25, 0.3) is 0 Å². The maximum Gasteiger partial charge on any atom is 0.278 e. The highest BCUT2D eigenvalue weighted by Gasteiger charge is 2.48. The third-order valence-electron chi connectivity index (χ3n) is 8.36. The van der Waals surface area contributed by atoms with Crippen molar-refractivity contribution in [1.29, 1.82) is 0 Å². The zero-order chi connectivity index (χ0) is 29.9. The van der Waals surface area contributed by atoms with Gasteiger partial charge in [0.2, 0.25) is 5.43 Å². The maximum atomic E-state index is 15.5. The molecule has 1 amide bonds. The number of halogens is 2. The summed E-state index contributed by atoms with van der Waals surface area (Å²) in [6.07, 6.45) is 2.43. The average molecular weight is 611 g/mol. The van der Waals surface area contributed by atoms with Crippen LogP contribution in [0, 0.1) is 11.6 Å². The lowest BCUT2D eigenvalue weighted by atomic mass is 9.92. The molecule has 2 atom stereocenters. The number of fused-ring (bicyclic) bond motifs is 6. The number of nitrogens with zero attached hydrogens (tertiary/aromatic N) is 6. The van der Waals surface area contributed by atoms with E-state index in [0.29, 0.717) is 17.8 Å². The van der Waals surface area contributed by atoms with Crippen LogP contribution in [0.1, 0.15) is 50.6 Å². The summed E-state index contributed by atoms with van der Waals surface area (Å²) in [6.45, 7) is 0.762. The molecule has 0 saturated heterocycles. The molecular weight excluding hydrogens is 586 g/mol. The Bertz CT molecular complexity index is 2000. The lowest BCUT2D eigenvalue weighted by Crippen LogP contribution is -2.60. The fourth-order valence-corrected chi connectivity index (χ4v) is 7.47. The molecule has 0 N–H and O–H groups in total. The van der Waals surface area contributed by atoms with E-state index in [-0.39, 0.29) is 41.8 Å². The van der Waals surface area contributed by atoms with Gasteiger partial charge in [0.05, 0.1) is 18.8 Å². The summed E-state index contributed by atoms with van der Waals surface area (Å²) < 4.78 is 39.7. The smallest absolute Gasteiger partial charge is 0.278 e. The highest BCUT2D eigenvalue weighted by molar-refractivity contribution is 7.98. The second-order valence-corrected chi connectivity index (χ2v) is 11.8. The van der Waals surface area contributed by atoms with Gasteiger partial charge in [-0.1, -0.05) is 59.8 Å². The van der Waals surface area contributed by atoms with Gasteiger partial charge in [-0.15, -0.1) is 16.9 Å². The lowest BCUT2D eigenvalue weighted by molar-refractivity contribution is 0.0461. The van der Waals surface area contributed by atoms with E-state index in [1.165, 1.54) is 17.8 Å². The van der Waals surface area contributed by atoms with Crippen molar-refractivity contribution in [2.45, 2.75) is 36.0 Å². The summed E-state index contributed by atoms with van der Waals surface area (Å²) in [4.78, 5) is 30.3. The molecule has 0 saturated carbocycles. The van der Waals surface area contributed by atoms with Gasteiger partial charge in [-0.25, -0.2) is 13.5 Å². The molecule has 44 heavy (non-hydrogen) atoms. The molecule has 0 spiro atoms. The highest BCUT2D eigenvalue weighted by Crippen LogP contribution is 2.48. The number of pyridine rings is 1. The van der Waals surface area contributed by atoms with E-state index < -0.39 is 29.3 Å². The Labute approximate surface area is 254 Å². The molecule has 0 fully saturated rings. The van der Waals surface area contributed by atoms with Crippen LogP contribution in [0.2, 0.25) is 0 Å². The Morgan fingerprint density at radius 1 is 0.932 bits per heavy atom. The topological polar surface area (TPSA) is 85.5 Å². The van der Waals surface area contributed by atoms with Crippen molar-refractivity contribution in [3.05, 3.63) is 141 Å². The zero-order valence-corrected chi connectivity index (χ0v) is 24.0. The molecule has 3 aromatic carbocycles. The molecule has 0 radical (unpaired) electrons. The molecule has 5 aromatic rings. The van der Waals surface area contributed by atoms with Crippen LogP contribution >= 0.6 is 11.8 Å². The average Bonchev–Trinajstić information content (AvgIpc) is 3.47. The van der Waals surface area contributed by atoms with Crippen LogP contribution in [-0.4, -0.2) is 37.0 Å². The van der Waals surface area contributed by atoms with Crippen molar-refractivity contribution in [3.8, 4) is 5.75 Å². The predicted molar refractivity (Wildman–Crippen MR) is 158 cm³/mol. The van der Waals surface area contributed by atoms with Gasteiger partial charge in [-0.05, 0) is 28.8 Å². The number of hydrogen-bond donors (Lipinski definition) is 0. The fourth-order valence-electron chi connectivity index (χ4n) is 6.35. The minimum Gasteiger partial charge on any atom is -0.482 e. The normalized spacial score (nSPS) is 18.5. The molecule has 2 aromatic heterocycles. The number of carbonyl (C=O) groups is 1. The monoisotopic (exact) mass is 610 g/mol. The van der Waals surface area contributed by atoms with Crippen molar-refractivity contribution in [3.63, 3.8) is 0 Å². The van der Waals surface area contributed by atoms with Gasteiger partial charge in [0.1, 0.15) is 12.3 Å². The third kappa shape index (κ3) is 4.04. The maximum absolute atomic E-state index is 15.5. The molecule has 12 heteroatoms. The largest absolute Gasteiger partial charge is 0.482 e. The van der Waals surface area contributed by atoms with Crippen LogP contribution in [-0.2, 0) is 18.9 Å². The van der Waals surface area contributed by atoms with Crippen molar-refractivity contribution < 1.29 is 18.3 Å². The number of carbonyl (C=O) groups excluding carboxylic acids is 1. The van der Waals surface area contributed by atoms with Gasteiger partial charge in [0.15, 0.2) is 29.2 Å². The van der Waals surface area contributed by atoms with E-state index in [1.54, 1.807) is 32.7 Å². The Hall–Kier alpha value is -4.97. The Balaban J connectivity index is 1.40. The summed E-state index contributed by atoms with van der Waals surface area (Å²) in [5.74, 6) is -2.08. The van der Waals surface area contributed by atoms with Gasteiger partial charge in [0.25, 0.3) is 5.91 Å². The fraction of sp³-hybridized carbons (Fsp3) is 0.188.